The third kappa shape index (κ3) is 6.64. The van der Waals surface area contributed by atoms with E-state index in [4.69, 9.17) is 4.74 Å². The van der Waals surface area contributed by atoms with Gasteiger partial charge in [0, 0.05) is 38.3 Å². The van der Waals surface area contributed by atoms with Gasteiger partial charge in [-0.05, 0) is 32.6 Å². The van der Waals surface area contributed by atoms with Crippen LogP contribution in [0.3, 0.4) is 0 Å². The van der Waals surface area contributed by atoms with Gasteiger partial charge in [-0.3, -0.25) is 4.79 Å². The SMILES string of the molecule is CCC(C)NC(=O)CCNC1CCCOCC1. The number of carbonyl (C=O) groups excluding carboxylic acids is 1. The summed E-state index contributed by atoms with van der Waals surface area (Å²) in [4.78, 5) is 11.5. The van der Waals surface area contributed by atoms with Crippen molar-refractivity contribution in [1.29, 1.82) is 0 Å². The predicted molar refractivity (Wildman–Crippen MR) is 69.0 cm³/mol. The van der Waals surface area contributed by atoms with Crippen molar-refractivity contribution >= 4 is 5.91 Å². The molecule has 4 heteroatoms. The maximum atomic E-state index is 11.5. The van der Waals surface area contributed by atoms with Gasteiger partial charge in [0.25, 0.3) is 0 Å². The van der Waals surface area contributed by atoms with E-state index in [0.717, 1.165) is 45.4 Å². The van der Waals surface area contributed by atoms with Gasteiger partial charge in [0.15, 0.2) is 0 Å². The van der Waals surface area contributed by atoms with E-state index in [1.807, 2.05) is 6.92 Å². The molecular formula is C13H26N2O2. The Balaban J connectivity index is 2.07. The molecular weight excluding hydrogens is 216 g/mol. The smallest absolute Gasteiger partial charge is 0.221 e. The second kappa shape index (κ2) is 8.48. The molecule has 100 valence electrons. The molecule has 0 aromatic carbocycles. The number of rotatable bonds is 6. The highest BCUT2D eigenvalue weighted by Gasteiger charge is 2.12. The summed E-state index contributed by atoms with van der Waals surface area (Å²) in [7, 11) is 0. The fraction of sp³-hybridized carbons (Fsp3) is 0.923. The third-order valence-corrected chi connectivity index (χ3v) is 3.26. The average Bonchev–Trinajstić information content (AvgIpc) is 2.57. The highest BCUT2D eigenvalue weighted by molar-refractivity contribution is 5.76. The van der Waals surface area contributed by atoms with E-state index in [-0.39, 0.29) is 11.9 Å². The molecule has 0 bridgehead atoms. The van der Waals surface area contributed by atoms with Crippen LogP contribution in [0.4, 0.5) is 0 Å². The molecule has 0 aromatic heterocycles. The number of hydrogen-bond acceptors (Lipinski definition) is 3. The zero-order valence-electron chi connectivity index (χ0n) is 11.1. The van der Waals surface area contributed by atoms with E-state index in [2.05, 4.69) is 17.6 Å². The Labute approximate surface area is 104 Å². The number of ether oxygens (including phenoxy) is 1. The first kappa shape index (κ1) is 14.5. The molecule has 0 aromatic rings. The first-order chi connectivity index (χ1) is 8.22. The highest BCUT2D eigenvalue weighted by Crippen LogP contribution is 2.07. The van der Waals surface area contributed by atoms with Gasteiger partial charge < -0.3 is 15.4 Å². The molecule has 1 saturated heterocycles. The van der Waals surface area contributed by atoms with Gasteiger partial charge in [-0.15, -0.1) is 0 Å². The Kier molecular flexibility index (Phi) is 7.21. The van der Waals surface area contributed by atoms with Crippen LogP contribution in [-0.2, 0) is 9.53 Å². The molecule has 4 nitrogen and oxygen atoms in total. The van der Waals surface area contributed by atoms with Crippen molar-refractivity contribution < 1.29 is 9.53 Å². The van der Waals surface area contributed by atoms with Crippen LogP contribution in [0.5, 0.6) is 0 Å². The average molecular weight is 242 g/mol. The summed E-state index contributed by atoms with van der Waals surface area (Å²) in [6.45, 7) is 6.61. The van der Waals surface area contributed by atoms with Gasteiger partial charge in [0.2, 0.25) is 5.91 Å². The predicted octanol–water partition coefficient (Wildman–Crippen LogP) is 1.45. The first-order valence-electron chi connectivity index (χ1n) is 6.83. The molecule has 1 rings (SSSR count). The molecule has 0 aliphatic carbocycles. The van der Waals surface area contributed by atoms with Gasteiger partial charge in [0.05, 0.1) is 0 Å². The standard InChI is InChI=1S/C13H26N2O2/c1-3-11(2)15-13(16)6-8-14-12-5-4-9-17-10-7-12/h11-12,14H,3-10H2,1-2H3,(H,15,16). The quantitative estimate of drug-likeness (QED) is 0.741. The molecule has 0 radical (unpaired) electrons. The van der Waals surface area contributed by atoms with E-state index in [9.17, 15) is 4.79 Å². The van der Waals surface area contributed by atoms with Crippen molar-refractivity contribution in [2.24, 2.45) is 0 Å². The van der Waals surface area contributed by atoms with Crippen molar-refractivity contribution in [2.45, 2.75) is 58.0 Å². The normalized spacial score (nSPS) is 22.8. The fourth-order valence-electron chi connectivity index (χ4n) is 1.95. The van der Waals surface area contributed by atoms with Gasteiger partial charge in [-0.25, -0.2) is 0 Å². The molecule has 2 atom stereocenters. The minimum absolute atomic E-state index is 0.150. The lowest BCUT2D eigenvalue weighted by Crippen LogP contribution is -2.36. The summed E-state index contributed by atoms with van der Waals surface area (Å²) in [5.41, 5.74) is 0. The van der Waals surface area contributed by atoms with Crippen LogP contribution in [0.2, 0.25) is 0 Å². The molecule has 2 unspecified atom stereocenters. The third-order valence-electron chi connectivity index (χ3n) is 3.26. The van der Waals surface area contributed by atoms with Gasteiger partial charge in [-0.2, -0.15) is 0 Å². The maximum Gasteiger partial charge on any atom is 0.221 e. The maximum absolute atomic E-state index is 11.5. The van der Waals surface area contributed by atoms with E-state index >= 15 is 0 Å². The molecule has 1 fully saturated rings. The molecule has 1 amide bonds. The summed E-state index contributed by atoms with van der Waals surface area (Å²) in [5.74, 6) is 0.150. The number of hydrogen-bond donors (Lipinski definition) is 2. The second-order valence-electron chi connectivity index (χ2n) is 4.82. The highest BCUT2D eigenvalue weighted by atomic mass is 16.5. The second-order valence-corrected chi connectivity index (χ2v) is 4.82. The summed E-state index contributed by atoms with van der Waals surface area (Å²) in [5, 5.41) is 6.42. The van der Waals surface area contributed by atoms with Crippen LogP contribution in [0, 0.1) is 0 Å². The topological polar surface area (TPSA) is 50.4 Å². The monoisotopic (exact) mass is 242 g/mol. The zero-order chi connectivity index (χ0) is 12.5. The van der Waals surface area contributed by atoms with E-state index < -0.39 is 0 Å². The number of amides is 1. The van der Waals surface area contributed by atoms with E-state index in [1.165, 1.54) is 0 Å². The minimum Gasteiger partial charge on any atom is -0.381 e. The van der Waals surface area contributed by atoms with Crippen LogP contribution in [0.1, 0.15) is 46.0 Å². The Morgan fingerprint density at radius 1 is 1.41 bits per heavy atom. The van der Waals surface area contributed by atoms with Gasteiger partial charge >= 0.3 is 0 Å². The lowest BCUT2D eigenvalue weighted by molar-refractivity contribution is -0.121. The Bertz CT molecular complexity index is 213. The lowest BCUT2D eigenvalue weighted by Gasteiger charge is -2.16. The molecule has 0 spiro atoms. The lowest BCUT2D eigenvalue weighted by atomic mass is 10.1. The van der Waals surface area contributed by atoms with E-state index in [0.29, 0.717) is 12.5 Å². The van der Waals surface area contributed by atoms with Gasteiger partial charge in [0.1, 0.15) is 0 Å². The summed E-state index contributed by atoms with van der Waals surface area (Å²) in [6, 6.07) is 0.808. The van der Waals surface area contributed by atoms with Crippen molar-refractivity contribution in [3.63, 3.8) is 0 Å². The van der Waals surface area contributed by atoms with E-state index in [1.54, 1.807) is 0 Å². The largest absolute Gasteiger partial charge is 0.381 e. The van der Waals surface area contributed by atoms with Crippen molar-refractivity contribution in [3.8, 4) is 0 Å². The van der Waals surface area contributed by atoms with Gasteiger partial charge in [-0.1, -0.05) is 6.92 Å². The minimum atomic E-state index is 0.150. The Morgan fingerprint density at radius 2 is 2.24 bits per heavy atom. The van der Waals surface area contributed by atoms with Crippen LogP contribution in [0.15, 0.2) is 0 Å². The van der Waals surface area contributed by atoms with Crippen molar-refractivity contribution in [2.75, 3.05) is 19.8 Å². The molecule has 17 heavy (non-hydrogen) atoms. The van der Waals surface area contributed by atoms with Crippen LogP contribution < -0.4 is 10.6 Å². The first-order valence-corrected chi connectivity index (χ1v) is 6.83. The summed E-state index contributed by atoms with van der Waals surface area (Å²) in [6.07, 6.45) is 4.90. The Hall–Kier alpha value is -0.610. The van der Waals surface area contributed by atoms with Crippen LogP contribution >= 0.6 is 0 Å². The molecule has 0 saturated carbocycles. The van der Waals surface area contributed by atoms with Crippen molar-refractivity contribution in [1.82, 2.24) is 10.6 Å². The molecule has 1 aliphatic rings. The Morgan fingerprint density at radius 3 is 3.00 bits per heavy atom. The number of nitrogens with one attached hydrogen (secondary N) is 2. The molecule has 1 heterocycles. The number of carbonyl (C=O) groups is 1. The van der Waals surface area contributed by atoms with Crippen LogP contribution in [-0.4, -0.2) is 37.7 Å². The summed E-state index contributed by atoms with van der Waals surface area (Å²) >= 11 is 0. The molecule has 1 aliphatic heterocycles. The van der Waals surface area contributed by atoms with Crippen LogP contribution in [0.25, 0.3) is 0 Å². The van der Waals surface area contributed by atoms with Crippen molar-refractivity contribution in [3.05, 3.63) is 0 Å². The zero-order valence-corrected chi connectivity index (χ0v) is 11.1. The summed E-state index contributed by atoms with van der Waals surface area (Å²) < 4.78 is 5.40. The molecule has 2 N–H and O–H groups in total. The fourth-order valence-corrected chi connectivity index (χ4v) is 1.95.